The molecule has 2 heterocycles. The summed E-state index contributed by atoms with van der Waals surface area (Å²) in [5.74, 6) is -1.10. The lowest BCUT2D eigenvalue weighted by atomic mass is 9.92. The maximum Gasteiger partial charge on any atom is 0.305 e. The van der Waals surface area contributed by atoms with Gasteiger partial charge in [0.25, 0.3) is 11.8 Å². The Kier molecular flexibility index (Phi) is 10.5. The van der Waals surface area contributed by atoms with Crippen molar-refractivity contribution in [3.8, 4) is 11.3 Å². The third-order valence-electron chi connectivity index (χ3n) is 8.02. The molecular formula is C34H33Cl3N4O4. The van der Waals surface area contributed by atoms with Crippen LogP contribution in [0.3, 0.4) is 0 Å². The topological polar surface area (TPSA) is 105 Å². The molecule has 1 aromatic heterocycles. The zero-order chi connectivity index (χ0) is 32.1. The molecule has 1 fully saturated rings. The number of carboxylic acid groups (broad SMARTS) is 1. The van der Waals surface area contributed by atoms with Crippen LogP contribution in [0.25, 0.3) is 11.3 Å². The third-order valence-corrected chi connectivity index (χ3v) is 8.69. The predicted molar refractivity (Wildman–Crippen MR) is 177 cm³/mol. The van der Waals surface area contributed by atoms with Crippen molar-refractivity contribution in [1.82, 2.24) is 20.0 Å². The first kappa shape index (κ1) is 32.5. The van der Waals surface area contributed by atoms with Crippen molar-refractivity contribution in [1.29, 1.82) is 0 Å². The normalized spacial score (nSPS) is 13.6. The summed E-state index contributed by atoms with van der Waals surface area (Å²) in [5.41, 5.74) is 5.64. The highest BCUT2D eigenvalue weighted by atomic mass is 35.5. The van der Waals surface area contributed by atoms with Gasteiger partial charge in [-0.15, -0.1) is 0 Å². The molecule has 8 nitrogen and oxygen atoms in total. The van der Waals surface area contributed by atoms with Crippen LogP contribution in [0.4, 0.5) is 0 Å². The van der Waals surface area contributed by atoms with Crippen molar-refractivity contribution >= 4 is 52.6 Å². The number of aryl methyl sites for hydroxylation is 1. The fourth-order valence-electron chi connectivity index (χ4n) is 5.66. The van der Waals surface area contributed by atoms with E-state index in [1.165, 1.54) is 0 Å². The second-order valence-corrected chi connectivity index (χ2v) is 12.4. The fraction of sp³-hybridized carbons (Fsp3) is 0.294. The Balaban J connectivity index is 1.35. The van der Waals surface area contributed by atoms with Gasteiger partial charge in [-0.1, -0.05) is 53.9 Å². The molecule has 2 N–H and O–H groups in total. The highest BCUT2D eigenvalue weighted by Gasteiger charge is 2.28. The molecule has 0 atom stereocenters. The van der Waals surface area contributed by atoms with Gasteiger partial charge in [0.05, 0.1) is 18.7 Å². The number of benzene rings is 3. The average molecular weight is 668 g/mol. The minimum Gasteiger partial charge on any atom is -0.481 e. The summed E-state index contributed by atoms with van der Waals surface area (Å²) >= 11 is 18.8. The largest absolute Gasteiger partial charge is 0.481 e. The maximum atomic E-state index is 13.4. The van der Waals surface area contributed by atoms with Gasteiger partial charge in [-0.3, -0.25) is 19.1 Å². The molecule has 4 aromatic rings. The van der Waals surface area contributed by atoms with E-state index in [2.05, 4.69) is 11.4 Å². The Morgan fingerprint density at radius 3 is 2.24 bits per heavy atom. The minimum absolute atomic E-state index is 0.0248. The van der Waals surface area contributed by atoms with Gasteiger partial charge in [0, 0.05) is 63.0 Å². The number of hydrogen-bond donors (Lipinski definition) is 2. The number of aromatic nitrogens is 2. The molecule has 0 unspecified atom stereocenters. The Hall–Kier alpha value is -3.85. The summed E-state index contributed by atoms with van der Waals surface area (Å²) in [4.78, 5) is 38.5. The van der Waals surface area contributed by atoms with Crippen molar-refractivity contribution in [3.63, 3.8) is 0 Å². The van der Waals surface area contributed by atoms with Crippen LogP contribution in [-0.4, -0.2) is 57.2 Å². The molecule has 0 saturated carbocycles. The van der Waals surface area contributed by atoms with Crippen LogP contribution in [0.15, 0.2) is 66.7 Å². The molecule has 0 radical (unpaired) electrons. The van der Waals surface area contributed by atoms with E-state index in [0.29, 0.717) is 45.8 Å². The molecule has 2 amide bonds. The number of amides is 2. The molecule has 1 aliphatic rings. The van der Waals surface area contributed by atoms with E-state index in [0.717, 1.165) is 47.3 Å². The number of carbonyl (C=O) groups excluding carboxylic acids is 2. The van der Waals surface area contributed by atoms with E-state index in [1.807, 2.05) is 52.9 Å². The van der Waals surface area contributed by atoms with Crippen LogP contribution in [-0.2, 0) is 17.8 Å². The number of likely N-dealkylation sites (tertiary alicyclic amines) is 1. The molecule has 234 valence electrons. The molecule has 1 saturated heterocycles. The van der Waals surface area contributed by atoms with Gasteiger partial charge in [0.2, 0.25) is 0 Å². The summed E-state index contributed by atoms with van der Waals surface area (Å²) in [6.45, 7) is 3.78. The van der Waals surface area contributed by atoms with E-state index < -0.39 is 5.97 Å². The van der Waals surface area contributed by atoms with Gasteiger partial charge < -0.3 is 15.3 Å². The number of hydrogen-bond acceptors (Lipinski definition) is 4. The molecule has 0 spiro atoms. The zero-order valence-electron chi connectivity index (χ0n) is 24.7. The van der Waals surface area contributed by atoms with Crippen LogP contribution in [0.2, 0.25) is 15.1 Å². The molecule has 5 rings (SSSR count). The molecule has 0 aliphatic carbocycles. The molecule has 1 aliphatic heterocycles. The number of nitrogens with zero attached hydrogens (tertiary/aromatic N) is 3. The zero-order valence-corrected chi connectivity index (χ0v) is 27.0. The first-order valence-electron chi connectivity index (χ1n) is 14.8. The lowest BCUT2D eigenvalue weighted by molar-refractivity contribution is -0.136. The first-order valence-corrected chi connectivity index (χ1v) is 16.0. The van der Waals surface area contributed by atoms with Crippen molar-refractivity contribution < 1.29 is 19.5 Å². The lowest BCUT2D eigenvalue weighted by Crippen LogP contribution is -2.38. The summed E-state index contributed by atoms with van der Waals surface area (Å²) in [6.07, 6.45) is 2.14. The van der Waals surface area contributed by atoms with Gasteiger partial charge >= 0.3 is 5.97 Å². The standard InChI is InChI=1S/C34H33Cl3N4O4/c1-2-22-15-26(35)7-8-29(22)34(45)40-13-10-23(11-14-40)31-19-30(25-16-27(36)18-28(37)17-25)39-41(31)20-21-3-5-24(6-4-21)33(44)38-12-9-32(42)43/h3-8,15-19,23H,2,9-14,20H2,1H3,(H,38,44)(H,42,43). The molecule has 3 aromatic carbocycles. The smallest absolute Gasteiger partial charge is 0.305 e. The quantitative estimate of drug-likeness (QED) is 0.184. The summed E-state index contributed by atoms with van der Waals surface area (Å²) < 4.78 is 1.97. The average Bonchev–Trinajstić information content (AvgIpc) is 3.44. The Morgan fingerprint density at radius 2 is 1.60 bits per heavy atom. The van der Waals surface area contributed by atoms with E-state index in [4.69, 9.17) is 45.0 Å². The predicted octanol–water partition coefficient (Wildman–Crippen LogP) is 7.35. The van der Waals surface area contributed by atoms with E-state index in [9.17, 15) is 14.4 Å². The Bertz CT molecular complexity index is 1690. The fourth-order valence-corrected chi connectivity index (χ4v) is 6.38. The van der Waals surface area contributed by atoms with Gasteiger partial charge in [-0.2, -0.15) is 5.10 Å². The number of piperidine rings is 1. The van der Waals surface area contributed by atoms with Crippen LogP contribution >= 0.6 is 34.8 Å². The second kappa shape index (κ2) is 14.5. The van der Waals surface area contributed by atoms with Crippen molar-refractivity contribution in [2.45, 2.75) is 45.1 Å². The van der Waals surface area contributed by atoms with Gasteiger partial charge in [-0.05, 0) is 85.0 Å². The summed E-state index contributed by atoms with van der Waals surface area (Å²) in [7, 11) is 0. The lowest BCUT2D eigenvalue weighted by Gasteiger charge is -2.32. The second-order valence-electron chi connectivity index (χ2n) is 11.1. The highest BCUT2D eigenvalue weighted by molar-refractivity contribution is 6.35. The Morgan fingerprint density at radius 1 is 0.911 bits per heavy atom. The van der Waals surface area contributed by atoms with Crippen molar-refractivity contribution in [3.05, 3.63) is 110 Å². The molecule has 11 heteroatoms. The number of rotatable bonds is 10. The van der Waals surface area contributed by atoms with Gasteiger partial charge in [0.15, 0.2) is 0 Å². The Labute approximate surface area is 276 Å². The van der Waals surface area contributed by atoms with E-state index >= 15 is 0 Å². The van der Waals surface area contributed by atoms with Crippen LogP contribution in [0.5, 0.6) is 0 Å². The molecular weight excluding hydrogens is 635 g/mol. The van der Waals surface area contributed by atoms with Crippen molar-refractivity contribution in [2.24, 2.45) is 0 Å². The summed E-state index contributed by atoms with van der Waals surface area (Å²) in [5, 5.41) is 18.0. The van der Waals surface area contributed by atoms with E-state index in [1.54, 1.807) is 24.3 Å². The first-order chi connectivity index (χ1) is 21.6. The number of aliphatic carboxylic acids is 1. The van der Waals surface area contributed by atoms with Crippen molar-refractivity contribution in [2.75, 3.05) is 19.6 Å². The number of nitrogens with one attached hydrogen (secondary N) is 1. The maximum absolute atomic E-state index is 13.4. The van der Waals surface area contributed by atoms with Gasteiger partial charge in [-0.25, -0.2) is 0 Å². The SMILES string of the molecule is CCc1cc(Cl)ccc1C(=O)N1CCC(c2cc(-c3cc(Cl)cc(Cl)c3)nn2Cc2ccc(C(=O)NCCC(=O)O)cc2)CC1. The van der Waals surface area contributed by atoms with Crippen LogP contribution < -0.4 is 5.32 Å². The highest BCUT2D eigenvalue weighted by Crippen LogP contribution is 2.34. The third kappa shape index (κ3) is 8.06. The number of halogens is 3. The van der Waals surface area contributed by atoms with Crippen LogP contribution in [0, 0.1) is 0 Å². The van der Waals surface area contributed by atoms with Crippen LogP contribution in [0.1, 0.15) is 69.6 Å². The minimum atomic E-state index is -0.968. The summed E-state index contributed by atoms with van der Waals surface area (Å²) in [6, 6.07) is 20.0. The molecule has 0 bridgehead atoms. The van der Waals surface area contributed by atoms with Gasteiger partial charge in [0.1, 0.15) is 0 Å². The van der Waals surface area contributed by atoms with E-state index in [-0.39, 0.29) is 30.7 Å². The monoisotopic (exact) mass is 666 g/mol. The number of carbonyl (C=O) groups is 3. The number of carboxylic acids is 1. The molecule has 45 heavy (non-hydrogen) atoms.